The Labute approximate surface area is 150 Å². The number of amides is 2. The summed E-state index contributed by atoms with van der Waals surface area (Å²) in [6, 6.07) is 7.87. The molecule has 0 aromatic heterocycles. The first-order valence-corrected chi connectivity index (χ1v) is 8.90. The second-order valence-electron chi connectivity index (χ2n) is 6.70. The average Bonchev–Trinajstić information content (AvgIpc) is 2.62. The molecule has 0 radical (unpaired) electrons. The van der Waals surface area contributed by atoms with Crippen LogP contribution in [0.3, 0.4) is 0 Å². The van der Waals surface area contributed by atoms with E-state index in [-0.39, 0.29) is 17.7 Å². The number of carbonyl (C=O) groups is 2. The molecule has 2 rings (SSSR count). The molecule has 2 amide bonds. The number of nitrogens with zero attached hydrogens (tertiary/aromatic N) is 2. The number of methoxy groups -OCH3 is 1. The van der Waals surface area contributed by atoms with E-state index in [1.165, 1.54) is 5.56 Å². The first-order chi connectivity index (χ1) is 12.0. The number of hydrogen-bond donors (Lipinski definition) is 1. The minimum absolute atomic E-state index is 0.0350. The first kappa shape index (κ1) is 19.2. The van der Waals surface area contributed by atoms with Crippen molar-refractivity contribution >= 4 is 11.8 Å². The molecular weight excluding hydrogens is 318 g/mol. The second kappa shape index (κ2) is 9.42. The van der Waals surface area contributed by atoms with Gasteiger partial charge in [0, 0.05) is 38.6 Å². The molecule has 0 aliphatic carbocycles. The zero-order valence-corrected chi connectivity index (χ0v) is 15.5. The quantitative estimate of drug-likeness (QED) is 0.804. The van der Waals surface area contributed by atoms with Crippen molar-refractivity contribution in [2.75, 3.05) is 46.4 Å². The van der Waals surface area contributed by atoms with Crippen LogP contribution in [-0.2, 0) is 16.0 Å². The Bertz CT molecular complexity index is 564. The van der Waals surface area contributed by atoms with Crippen LogP contribution in [0, 0.1) is 5.92 Å². The van der Waals surface area contributed by atoms with Crippen LogP contribution in [0.25, 0.3) is 0 Å². The van der Waals surface area contributed by atoms with Crippen LogP contribution >= 0.6 is 0 Å². The molecule has 0 unspecified atom stereocenters. The lowest BCUT2D eigenvalue weighted by Crippen LogP contribution is -2.52. The Kier molecular flexibility index (Phi) is 7.25. The lowest BCUT2D eigenvalue weighted by molar-refractivity contribution is -0.136. The highest BCUT2D eigenvalue weighted by atomic mass is 16.5. The van der Waals surface area contributed by atoms with Gasteiger partial charge in [-0.15, -0.1) is 0 Å². The van der Waals surface area contributed by atoms with Gasteiger partial charge in [0.05, 0.1) is 13.7 Å². The topological polar surface area (TPSA) is 61.9 Å². The maximum Gasteiger partial charge on any atom is 0.234 e. The highest BCUT2D eigenvalue weighted by Gasteiger charge is 2.23. The minimum atomic E-state index is 0.0350. The van der Waals surface area contributed by atoms with Crippen molar-refractivity contribution in [1.82, 2.24) is 15.1 Å². The van der Waals surface area contributed by atoms with Crippen molar-refractivity contribution in [2.24, 2.45) is 5.92 Å². The van der Waals surface area contributed by atoms with Crippen molar-refractivity contribution in [1.29, 1.82) is 0 Å². The Morgan fingerprint density at radius 2 is 1.76 bits per heavy atom. The molecule has 6 nitrogen and oxygen atoms in total. The number of benzene rings is 1. The van der Waals surface area contributed by atoms with E-state index in [1.807, 2.05) is 43.0 Å². The van der Waals surface area contributed by atoms with Gasteiger partial charge in [-0.05, 0) is 24.1 Å². The third kappa shape index (κ3) is 6.05. The van der Waals surface area contributed by atoms with Gasteiger partial charge < -0.3 is 15.0 Å². The highest BCUT2D eigenvalue weighted by molar-refractivity contribution is 5.79. The van der Waals surface area contributed by atoms with Crippen molar-refractivity contribution in [2.45, 2.75) is 20.3 Å². The van der Waals surface area contributed by atoms with E-state index < -0.39 is 0 Å². The lowest BCUT2D eigenvalue weighted by atomic mass is 10.1. The van der Waals surface area contributed by atoms with Gasteiger partial charge in [0.25, 0.3) is 0 Å². The number of piperazine rings is 1. The molecule has 1 fully saturated rings. The van der Waals surface area contributed by atoms with Crippen LogP contribution in [0.15, 0.2) is 24.3 Å². The SMILES string of the molecule is COc1ccc(CCNC(=O)CN2CCN(C(=O)C(C)C)CC2)cc1. The second-order valence-corrected chi connectivity index (χ2v) is 6.70. The van der Waals surface area contributed by atoms with Crippen LogP contribution in [-0.4, -0.2) is 68.0 Å². The molecule has 0 saturated carbocycles. The molecular formula is C19H29N3O3. The van der Waals surface area contributed by atoms with Crippen molar-refractivity contribution < 1.29 is 14.3 Å². The van der Waals surface area contributed by atoms with Crippen molar-refractivity contribution in [3.05, 3.63) is 29.8 Å². The molecule has 0 atom stereocenters. The van der Waals surface area contributed by atoms with E-state index in [0.717, 1.165) is 25.3 Å². The molecule has 1 saturated heterocycles. The van der Waals surface area contributed by atoms with Gasteiger partial charge in [0.1, 0.15) is 5.75 Å². The number of carbonyl (C=O) groups excluding carboxylic acids is 2. The van der Waals surface area contributed by atoms with Crippen LogP contribution in [0.1, 0.15) is 19.4 Å². The highest BCUT2D eigenvalue weighted by Crippen LogP contribution is 2.11. The van der Waals surface area contributed by atoms with E-state index in [2.05, 4.69) is 10.2 Å². The number of ether oxygens (including phenoxy) is 1. The minimum Gasteiger partial charge on any atom is -0.497 e. The Morgan fingerprint density at radius 1 is 1.12 bits per heavy atom. The van der Waals surface area contributed by atoms with Gasteiger partial charge in [0.2, 0.25) is 11.8 Å². The molecule has 1 aromatic carbocycles. The van der Waals surface area contributed by atoms with Crippen LogP contribution in [0.2, 0.25) is 0 Å². The summed E-state index contributed by atoms with van der Waals surface area (Å²) in [5.41, 5.74) is 1.17. The van der Waals surface area contributed by atoms with E-state index in [4.69, 9.17) is 4.74 Å². The van der Waals surface area contributed by atoms with Gasteiger partial charge in [-0.3, -0.25) is 14.5 Å². The average molecular weight is 347 g/mol. The molecule has 1 aliphatic heterocycles. The van der Waals surface area contributed by atoms with E-state index in [0.29, 0.717) is 26.2 Å². The smallest absolute Gasteiger partial charge is 0.234 e. The molecule has 6 heteroatoms. The molecule has 25 heavy (non-hydrogen) atoms. The summed E-state index contributed by atoms with van der Waals surface area (Å²) in [5.74, 6) is 1.11. The fourth-order valence-corrected chi connectivity index (χ4v) is 2.89. The summed E-state index contributed by atoms with van der Waals surface area (Å²) in [4.78, 5) is 28.0. The summed E-state index contributed by atoms with van der Waals surface area (Å²) in [6.07, 6.45) is 0.798. The number of hydrogen-bond acceptors (Lipinski definition) is 4. The Balaban J connectivity index is 1.65. The van der Waals surface area contributed by atoms with Gasteiger partial charge >= 0.3 is 0 Å². The summed E-state index contributed by atoms with van der Waals surface area (Å²) >= 11 is 0. The van der Waals surface area contributed by atoms with E-state index in [9.17, 15) is 9.59 Å². The summed E-state index contributed by atoms with van der Waals surface area (Å²) in [5, 5.41) is 2.97. The van der Waals surface area contributed by atoms with Gasteiger partial charge in [-0.1, -0.05) is 26.0 Å². The summed E-state index contributed by atoms with van der Waals surface area (Å²) in [6.45, 7) is 7.78. The molecule has 1 aliphatic rings. The van der Waals surface area contributed by atoms with E-state index >= 15 is 0 Å². The molecule has 1 aromatic rings. The van der Waals surface area contributed by atoms with Gasteiger partial charge in [0.15, 0.2) is 0 Å². The molecule has 1 heterocycles. The molecule has 0 spiro atoms. The van der Waals surface area contributed by atoms with Crippen LogP contribution < -0.4 is 10.1 Å². The third-order valence-corrected chi connectivity index (χ3v) is 4.44. The lowest BCUT2D eigenvalue weighted by Gasteiger charge is -2.35. The fourth-order valence-electron chi connectivity index (χ4n) is 2.89. The summed E-state index contributed by atoms with van der Waals surface area (Å²) < 4.78 is 5.13. The van der Waals surface area contributed by atoms with Crippen LogP contribution in [0.5, 0.6) is 5.75 Å². The van der Waals surface area contributed by atoms with Crippen molar-refractivity contribution in [3.8, 4) is 5.75 Å². The Hall–Kier alpha value is -2.08. The summed E-state index contributed by atoms with van der Waals surface area (Å²) in [7, 11) is 1.65. The zero-order valence-electron chi connectivity index (χ0n) is 15.5. The largest absolute Gasteiger partial charge is 0.497 e. The third-order valence-electron chi connectivity index (χ3n) is 4.44. The molecule has 0 bridgehead atoms. The van der Waals surface area contributed by atoms with E-state index in [1.54, 1.807) is 7.11 Å². The van der Waals surface area contributed by atoms with Gasteiger partial charge in [-0.25, -0.2) is 0 Å². The number of nitrogens with one attached hydrogen (secondary N) is 1. The normalized spacial score (nSPS) is 15.3. The Morgan fingerprint density at radius 3 is 2.32 bits per heavy atom. The zero-order chi connectivity index (χ0) is 18.2. The van der Waals surface area contributed by atoms with Crippen LogP contribution in [0.4, 0.5) is 0 Å². The number of rotatable bonds is 7. The maximum absolute atomic E-state index is 12.1. The molecule has 138 valence electrons. The fraction of sp³-hybridized carbons (Fsp3) is 0.579. The predicted molar refractivity (Wildman–Crippen MR) is 97.6 cm³/mol. The van der Waals surface area contributed by atoms with Gasteiger partial charge in [-0.2, -0.15) is 0 Å². The maximum atomic E-state index is 12.1. The van der Waals surface area contributed by atoms with Crippen molar-refractivity contribution in [3.63, 3.8) is 0 Å². The monoisotopic (exact) mass is 347 g/mol. The first-order valence-electron chi connectivity index (χ1n) is 8.90. The predicted octanol–water partition coefficient (Wildman–Crippen LogP) is 1.15. The molecule has 1 N–H and O–H groups in total. The standard InChI is InChI=1S/C19H29N3O3/c1-15(2)19(24)22-12-10-21(11-13-22)14-18(23)20-9-8-16-4-6-17(25-3)7-5-16/h4-7,15H,8-14H2,1-3H3,(H,20,23).